The molecule has 0 atom stereocenters. The first-order valence-corrected chi connectivity index (χ1v) is 9.67. The lowest BCUT2D eigenvalue weighted by Gasteiger charge is -2.08. The average Bonchev–Trinajstić information content (AvgIpc) is 3.03. The highest BCUT2D eigenvalue weighted by Crippen LogP contribution is 2.23. The Morgan fingerprint density at radius 2 is 1.93 bits per heavy atom. The molecule has 0 saturated carbocycles. The maximum atomic E-state index is 11.4. The lowest BCUT2D eigenvalue weighted by molar-refractivity contribution is 0.0697. The summed E-state index contributed by atoms with van der Waals surface area (Å²) in [6.45, 7) is 7.13. The van der Waals surface area contributed by atoms with Gasteiger partial charge in [-0.1, -0.05) is 45.0 Å². The molecule has 0 aliphatic heterocycles. The van der Waals surface area contributed by atoms with Crippen molar-refractivity contribution in [2.75, 3.05) is 0 Å². The molecule has 2 aromatic heterocycles. The topological polar surface area (TPSA) is 80.9 Å². The van der Waals surface area contributed by atoms with Gasteiger partial charge >= 0.3 is 5.97 Å². The third-order valence-electron chi connectivity index (χ3n) is 4.51. The summed E-state index contributed by atoms with van der Waals surface area (Å²) < 4.78 is 1.99. The molecule has 0 aliphatic carbocycles. The summed E-state index contributed by atoms with van der Waals surface area (Å²) in [4.78, 5) is 20.2. The second kappa shape index (κ2) is 8.78. The van der Waals surface area contributed by atoms with Gasteiger partial charge in [0.2, 0.25) is 0 Å². The summed E-state index contributed by atoms with van der Waals surface area (Å²) in [6, 6.07) is 9.41. The highest BCUT2D eigenvalue weighted by atomic mass is 16.4. The molecule has 0 radical (unpaired) electrons. The summed E-state index contributed by atoms with van der Waals surface area (Å²) in [6.07, 6.45) is 5.89. The Bertz CT molecular complexity index is 945. The van der Waals surface area contributed by atoms with Crippen LogP contribution in [0.1, 0.15) is 54.8 Å². The van der Waals surface area contributed by atoms with Crippen LogP contribution in [0.25, 0.3) is 11.1 Å². The van der Waals surface area contributed by atoms with Gasteiger partial charge in [-0.3, -0.25) is 4.98 Å². The van der Waals surface area contributed by atoms with Crippen molar-refractivity contribution < 1.29 is 9.90 Å². The first-order chi connectivity index (χ1) is 13.5. The minimum atomic E-state index is -0.953. The highest BCUT2D eigenvalue weighted by molar-refractivity contribution is 5.95. The van der Waals surface area contributed by atoms with E-state index in [-0.39, 0.29) is 5.56 Å². The smallest absolute Gasteiger partial charge is 0.336 e. The molecule has 0 spiro atoms. The van der Waals surface area contributed by atoms with E-state index >= 15 is 0 Å². The first-order valence-electron chi connectivity index (χ1n) is 9.67. The number of pyridine rings is 1. The number of hydrogen-bond donors (Lipinski definition) is 1. The van der Waals surface area contributed by atoms with Gasteiger partial charge < -0.3 is 5.11 Å². The fourth-order valence-corrected chi connectivity index (χ4v) is 3.19. The van der Waals surface area contributed by atoms with Crippen molar-refractivity contribution in [3.63, 3.8) is 0 Å². The van der Waals surface area contributed by atoms with E-state index in [1.807, 2.05) is 28.9 Å². The van der Waals surface area contributed by atoms with E-state index < -0.39 is 5.97 Å². The Labute approximate surface area is 165 Å². The molecule has 0 unspecified atom stereocenters. The summed E-state index contributed by atoms with van der Waals surface area (Å²) in [7, 11) is 0. The summed E-state index contributed by atoms with van der Waals surface area (Å²) in [5.74, 6) is 1.48. The predicted octanol–water partition coefficient (Wildman–Crippen LogP) is 4.24. The van der Waals surface area contributed by atoms with E-state index in [0.717, 1.165) is 42.0 Å². The van der Waals surface area contributed by atoms with Crippen molar-refractivity contribution >= 4 is 5.97 Å². The van der Waals surface area contributed by atoms with Crippen molar-refractivity contribution in [3.8, 4) is 11.1 Å². The average molecular weight is 378 g/mol. The maximum absolute atomic E-state index is 11.4. The van der Waals surface area contributed by atoms with Crippen LogP contribution in [0, 0.1) is 5.92 Å². The van der Waals surface area contributed by atoms with Gasteiger partial charge in [-0.25, -0.2) is 14.5 Å². The van der Waals surface area contributed by atoms with Crippen LogP contribution < -0.4 is 0 Å². The quantitative estimate of drug-likeness (QED) is 0.634. The number of hydrogen-bond acceptors (Lipinski definition) is 4. The third-order valence-corrected chi connectivity index (χ3v) is 4.51. The van der Waals surface area contributed by atoms with Gasteiger partial charge in [0.1, 0.15) is 5.82 Å². The Morgan fingerprint density at radius 3 is 2.57 bits per heavy atom. The third kappa shape index (κ3) is 4.63. The predicted molar refractivity (Wildman–Crippen MR) is 108 cm³/mol. The van der Waals surface area contributed by atoms with Gasteiger partial charge in [0.25, 0.3) is 0 Å². The minimum absolute atomic E-state index is 0.252. The monoisotopic (exact) mass is 378 g/mol. The van der Waals surface area contributed by atoms with Crippen LogP contribution in [0.15, 0.2) is 42.7 Å². The summed E-state index contributed by atoms with van der Waals surface area (Å²) in [5.41, 5.74) is 2.81. The molecule has 0 bridgehead atoms. The van der Waals surface area contributed by atoms with Crippen LogP contribution in [0.3, 0.4) is 0 Å². The van der Waals surface area contributed by atoms with Crippen LogP contribution in [-0.4, -0.2) is 30.8 Å². The second-order valence-electron chi connectivity index (χ2n) is 7.37. The number of carbonyl (C=O) groups is 1. The zero-order valence-electron chi connectivity index (χ0n) is 16.6. The van der Waals surface area contributed by atoms with Crippen molar-refractivity contribution in [2.24, 2.45) is 5.92 Å². The largest absolute Gasteiger partial charge is 0.478 e. The molecule has 6 nitrogen and oxygen atoms in total. The zero-order valence-corrected chi connectivity index (χ0v) is 16.6. The molecular weight excluding hydrogens is 352 g/mol. The number of rotatable bonds is 8. The van der Waals surface area contributed by atoms with Gasteiger partial charge in [-0.2, -0.15) is 5.10 Å². The van der Waals surface area contributed by atoms with E-state index in [2.05, 4.69) is 25.8 Å². The Kier molecular flexibility index (Phi) is 6.19. The van der Waals surface area contributed by atoms with E-state index in [9.17, 15) is 9.90 Å². The molecule has 0 aliphatic rings. The molecule has 146 valence electrons. The standard InChI is InChI=1S/C22H26N4O2/c1-4-5-21-24-20(12-15(2)3)25-26(21)14-16-6-8-17(9-7-16)19-13-23-11-10-18(19)22(27)28/h6-11,13,15H,4-5,12,14H2,1-3H3,(H,27,28). The number of benzene rings is 1. The van der Waals surface area contributed by atoms with E-state index in [1.165, 1.54) is 12.3 Å². The van der Waals surface area contributed by atoms with Crippen LogP contribution in [0.4, 0.5) is 0 Å². The van der Waals surface area contributed by atoms with Gasteiger partial charge in [-0.15, -0.1) is 0 Å². The van der Waals surface area contributed by atoms with Gasteiger partial charge in [0.05, 0.1) is 12.1 Å². The van der Waals surface area contributed by atoms with Crippen molar-refractivity contribution in [1.82, 2.24) is 19.7 Å². The molecule has 28 heavy (non-hydrogen) atoms. The fourth-order valence-electron chi connectivity index (χ4n) is 3.19. The highest BCUT2D eigenvalue weighted by Gasteiger charge is 2.13. The molecule has 2 heterocycles. The van der Waals surface area contributed by atoms with Gasteiger partial charge in [0.15, 0.2) is 5.82 Å². The molecule has 3 rings (SSSR count). The van der Waals surface area contributed by atoms with E-state index in [1.54, 1.807) is 6.20 Å². The number of carboxylic acids is 1. The molecule has 0 fully saturated rings. The summed E-state index contributed by atoms with van der Waals surface area (Å²) in [5, 5.41) is 14.1. The Morgan fingerprint density at radius 1 is 1.18 bits per heavy atom. The lowest BCUT2D eigenvalue weighted by atomic mass is 10.0. The molecule has 0 saturated heterocycles. The minimum Gasteiger partial charge on any atom is -0.478 e. The first kappa shape index (κ1) is 19.7. The number of aryl methyl sites for hydroxylation is 1. The normalized spacial score (nSPS) is 11.1. The zero-order chi connectivity index (χ0) is 20.1. The van der Waals surface area contributed by atoms with Crippen molar-refractivity contribution in [3.05, 3.63) is 65.5 Å². The SMILES string of the molecule is CCCc1nc(CC(C)C)nn1Cc1ccc(-c2cnccc2C(=O)O)cc1. The second-order valence-corrected chi connectivity index (χ2v) is 7.37. The van der Waals surface area contributed by atoms with E-state index in [0.29, 0.717) is 18.0 Å². The lowest BCUT2D eigenvalue weighted by Crippen LogP contribution is -2.07. The molecule has 1 N–H and O–H groups in total. The van der Waals surface area contributed by atoms with E-state index in [4.69, 9.17) is 10.1 Å². The molecule has 3 aromatic rings. The summed E-state index contributed by atoms with van der Waals surface area (Å²) >= 11 is 0. The number of carboxylic acid groups (broad SMARTS) is 1. The molecule has 1 aromatic carbocycles. The van der Waals surface area contributed by atoms with Crippen molar-refractivity contribution in [2.45, 2.75) is 46.6 Å². The molecular formula is C22H26N4O2. The number of aromatic carboxylic acids is 1. The van der Waals surface area contributed by atoms with Crippen LogP contribution in [-0.2, 0) is 19.4 Å². The van der Waals surface area contributed by atoms with Crippen LogP contribution in [0.2, 0.25) is 0 Å². The Hall–Kier alpha value is -3.02. The van der Waals surface area contributed by atoms with Gasteiger partial charge in [0, 0.05) is 30.8 Å². The molecule has 6 heteroatoms. The Balaban J connectivity index is 1.83. The van der Waals surface area contributed by atoms with Crippen LogP contribution in [0.5, 0.6) is 0 Å². The number of aromatic nitrogens is 4. The molecule has 0 amide bonds. The number of nitrogens with zero attached hydrogens (tertiary/aromatic N) is 4. The van der Waals surface area contributed by atoms with Crippen LogP contribution >= 0.6 is 0 Å². The maximum Gasteiger partial charge on any atom is 0.336 e. The van der Waals surface area contributed by atoms with Crippen molar-refractivity contribution in [1.29, 1.82) is 0 Å². The fraction of sp³-hybridized carbons (Fsp3) is 0.364. The van der Waals surface area contributed by atoms with Gasteiger partial charge in [-0.05, 0) is 29.5 Å².